The lowest BCUT2D eigenvalue weighted by atomic mass is 10.2. The van der Waals surface area contributed by atoms with Crippen LogP contribution in [0.5, 0.6) is 5.75 Å². The van der Waals surface area contributed by atoms with Gasteiger partial charge in [0.2, 0.25) is 5.91 Å². The van der Waals surface area contributed by atoms with Crippen LogP contribution in [0.25, 0.3) is 0 Å². The minimum absolute atomic E-state index is 0.164. The highest BCUT2D eigenvalue weighted by atomic mass is 35.5. The van der Waals surface area contributed by atoms with Crippen LogP contribution in [-0.2, 0) is 17.3 Å². The van der Waals surface area contributed by atoms with E-state index in [9.17, 15) is 26.7 Å². The molecule has 0 atom stereocenters. The first-order valence-corrected chi connectivity index (χ1v) is 9.72. The molecule has 1 amide bonds. The number of halogens is 6. The van der Waals surface area contributed by atoms with E-state index in [4.69, 9.17) is 11.6 Å². The van der Waals surface area contributed by atoms with E-state index in [1.807, 2.05) is 4.90 Å². The summed E-state index contributed by atoms with van der Waals surface area (Å²) in [5.41, 5.74) is 0.416. The van der Waals surface area contributed by atoms with Crippen molar-refractivity contribution >= 4 is 23.2 Å². The van der Waals surface area contributed by atoms with Crippen LogP contribution in [-0.4, -0.2) is 53.1 Å². The molecule has 31 heavy (non-hydrogen) atoms. The molecule has 6 nitrogen and oxygen atoms in total. The highest BCUT2D eigenvalue weighted by Gasteiger charge is 2.34. The maximum atomic E-state index is 13.6. The third kappa shape index (κ3) is 5.57. The van der Waals surface area contributed by atoms with Crippen LogP contribution >= 0.6 is 11.6 Å². The Morgan fingerprint density at radius 3 is 2.16 bits per heavy atom. The summed E-state index contributed by atoms with van der Waals surface area (Å²) in [5.74, 6) is -3.82. The van der Waals surface area contributed by atoms with Crippen molar-refractivity contribution in [1.82, 2.24) is 14.7 Å². The summed E-state index contributed by atoms with van der Waals surface area (Å²) in [4.78, 5) is 16.1. The van der Waals surface area contributed by atoms with Gasteiger partial charge in [0.25, 0.3) is 5.92 Å². The van der Waals surface area contributed by atoms with Crippen LogP contribution in [0.3, 0.4) is 0 Å². The fraction of sp³-hybridized carbons (Fsp3) is 0.474. The molecule has 1 saturated heterocycles. The molecular weight excluding hydrogens is 447 g/mol. The molecule has 1 aromatic heterocycles. The van der Waals surface area contributed by atoms with Crippen LogP contribution < -0.4 is 9.64 Å². The van der Waals surface area contributed by atoms with Crippen molar-refractivity contribution in [2.24, 2.45) is 0 Å². The third-order valence-corrected chi connectivity index (χ3v) is 5.35. The fourth-order valence-corrected chi connectivity index (χ4v) is 3.56. The maximum Gasteiger partial charge on any atom is 0.573 e. The van der Waals surface area contributed by atoms with Gasteiger partial charge in [-0.3, -0.25) is 9.48 Å². The molecule has 170 valence electrons. The molecule has 1 aromatic carbocycles. The highest BCUT2D eigenvalue weighted by Crippen LogP contribution is 2.33. The SMILES string of the molecule is Cc1c(Cl)c(C(C)(F)F)nn1CC(=O)N1CCN(c2ccc(OC(F)(F)F)cc2)CC1. The molecule has 0 spiro atoms. The summed E-state index contributed by atoms with van der Waals surface area (Å²) in [6.45, 7) is 3.64. The topological polar surface area (TPSA) is 50.6 Å². The number of carbonyl (C=O) groups is 1. The van der Waals surface area contributed by atoms with Crippen LogP contribution in [0, 0.1) is 6.92 Å². The summed E-state index contributed by atoms with van der Waals surface area (Å²) < 4.78 is 69.0. The Bertz CT molecular complexity index is 933. The standard InChI is InChI=1S/C19H20ClF5N4O2/c1-12-16(20)17(18(2,21)22)26-29(12)11-15(30)28-9-7-27(8-10-28)13-3-5-14(6-4-13)31-19(23,24)25/h3-6H,7-11H2,1-2H3. The van der Waals surface area contributed by atoms with E-state index in [0.717, 1.165) is 0 Å². The van der Waals surface area contributed by atoms with Crippen LogP contribution in [0.15, 0.2) is 24.3 Å². The van der Waals surface area contributed by atoms with E-state index in [1.54, 1.807) is 4.90 Å². The molecule has 0 unspecified atom stereocenters. The highest BCUT2D eigenvalue weighted by molar-refractivity contribution is 6.32. The first kappa shape index (κ1) is 23.1. The minimum atomic E-state index is -4.75. The molecule has 1 aliphatic heterocycles. The van der Waals surface area contributed by atoms with Gasteiger partial charge in [-0.05, 0) is 31.2 Å². The van der Waals surface area contributed by atoms with E-state index in [-0.39, 0.29) is 28.9 Å². The molecule has 0 N–H and O–H groups in total. The number of aromatic nitrogens is 2. The number of carbonyl (C=O) groups excluding carboxylic acids is 1. The molecule has 1 fully saturated rings. The number of ether oxygens (including phenoxy) is 1. The molecule has 12 heteroatoms. The number of alkyl halides is 5. The first-order chi connectivity index (χ1) is 14.3. The van der Waals surface area contributed by atoms with Gasteiger partial charge >= 0.3 is 6.36 Å². The molecule has 0 saturated carbocycles. The van der Waals surface area contributed by atoms with Crippen LogP contribution in [0.4, 0.5) is 27.6 Å². The molecule has 0 bridgehead atoms. The zero-order chi connectivity index (χ0) is 23.0. The van der Waals surface area contributed by atoms with E-state index in [1.165, 1.54) is 35.9 Å². The largest absolute Gasteiger partial charge is 0.573 e. The summed E-state index contributed by atoms with van der Waals surface area (Å²) in [5, 5.41) is 3.63. The summed E-state index contributed by atoms with van der Waals surface area (Å²) in [6, 6.07) is 5.48. The molecule has 2 heterocycles. The van der Waals surface area contributed by atoms with Crippen molar-refractivity contribution in [2.75, 3.05) is 31.1 Å². The van der Waals surface area contributed by atoms with Crippen molar-refractivity contribution in [2.45, 2.75) is 32.7 Å². The van der Waals surface area contributed by atoms with Gasteiger partial charge in [0.05, 0.1) is 10.7 Å². The Hall–Kier alpha value is -2.56. The molecule has 0 radical (unpaired) electrons. The Morgan fingerprint density at radius 1 is 1.10 bits per heavy atom. The molecule has 3 rings (SSSR count). The van der Waals surface area contributed by atoms with Gasteiger partial charge < -0.3 is 14.5 Å². The second kappa shape index (κ2) is 8.52. The second-order valence-electron chi connectivity index (χ2n) is 7.20. The lowest BCUT2D eigenvalue weighted by molar-refractivity contribution is -0.274. The second-order valence-corrected chi connectivity index (χ2v) is 7.58. The van der Waals surface area contributed by atoms with Gasteiger partial charge in [0.15, 0.2) is 0 Å². The van der Waals surface area contributed by atoms with Crippen LogP contribution in [0.2, 0.25) is 5.02 Å². The lowest BCUT2D eigenvalue weighted by Gasteiger charge is -2.36. The van der Waals surface area contributed by atoms with E-state index in [2.05, 4.69) is 9.84 Å². The summed E-state index contributed by atoms with van der Waals surface area (Å²) in [7, 11) is 0. The number of benzene rings is 1. The number of hydrogen-bond donors (Lipinski definition) is 0. The Balaban J connectivity index is 1.58. The average molecular weight is 467 g/mol. The maximum absolute atomic E-state index is 13.6. The Labute approximate surface area is 180 Å². The third-order valence-electron chi connectivity index (χ3n) is 4.90. The van der Waals surface area contributed by atoms with Crippen LogP contribution in [0.1, 0.15) is 18.3 Å². The number of piperazine rings is 1. The molecule has 0 aliphatic carbocycles. The zero-order valence-corrected chi connectivity index (χ0v) is 17.5. The van der Waals surface area contributed by atoms with E-state index in [0.29, 0.717) is 38.8 Å². The average Bonchev–Trinajstić information content (AvgIpc) is 2.96. The molecular formula is C19H20ClF5N4O2. The normalized spacial score (nSPS) is 15.4. The van der Waals surface area contributed by atoms with Gasteiger partial charge in [-0.1, -0.05) is 11.6 Å². The fourth-order valence-electron chi connectivity index (χ4n) is 3.26. The van der Waals surface area contributed by atoms with Crippen molar-refractivity contribution in [1.29, 1.82) is 0 Å². The smallest absolute Gasteiger partial charge is 0.406 e. The lowest BCUT2D eigenvalue weighted by Crippen LogP contribution is -2.49. The number of amides is 1. The van der Waals surface area contributed by atoms with Crippen molar-refractivity contribution in [3.8, 4) is 5.75 Å². The first-order valence-electron chi connectivity index (χ1n) is 9.35. The van der Waals surface area contributed by atoms with Crippen molar-refractivity contribution in [3.05, 3.63) is 40.7 Å². The number of rotatable bonds is 5. The molecule has 2 aromatic rings. The monoisotopic (exact) mass is 466 g/mol. The van der Waals surface area contributed by atoms with Gasteiger partial charge in [-0.2, -0.15) is 13.9 Å². The summed E-state index contributed by atoms with van der Waals surface area (Å²) >= 11 is 5.94. The van der Waals surface area contributed by atoms with Gasteiger partial charge in [0.1, 0.15) is 18.0 Å². The molecule has 1 aliphatic rings. The number of nitrogens with zero attached hydrogens (tertiary/aromatic N) is 4. The van der Waals surface area contributed by atoms with Gasteiger partial charge in [-0.15, -0.1) is 13.2 Å². The quantitative estimate of drug-likeness (QED) is 0.620. The van der Waals surface area contributed by atoms with E-state index >= 15 is 0 Å². The van der Waals surface area contributed by atoms with Crippen molar-refractivity contribution in [3.63, 3.8) is 0 Å². The van der Waals surface area contributed by atoms with Gasteiger partial charge in [-0.25, -0.2) is 0 Å². The zero-order valence-electron chi connectivity index (χ0n) is 16.7. The Kier molecular flexibility index (Phi) is 6.35. The Morgan fingerprint density at radius 2 is 1.68 bits per heavy atom. The minimum Gasteiger partial charge on any atom is -0.406 e. The summed E-state index contributed by atoms with van der Waals surface area (Å²) in [6.07, 6.45) is -4.75. The predicted molar refractivity (Wildman–Crippen MR) is 103 cm³/mol. The number of hydrogen-bond acceptors (Lipinski definition) is 4. The van der Waals surface area contributed by atoms with Crippen molar-refractivity contribution < 1.29 is 31.5 Å². The predicted octanol–water partition coefficient (Wildman–Crippen LogP) is 4.20. The van der Waals surface area contributed by atoms with E-state index < -0.39 is 18.0 Å². The number of anilines is 1. The van der Waals surface area contributed by atoms with Gasteiger partial charge in [0, 0.05) is 38.8 Å².